The number of amides is 1. The van der Waals surface area contributed by atoms with Crippen LogP contribution in [0.1, 0.15) is 49.7 Å². The molecule has 1 fully saturated rings. The van der Waals surface area contributed by atoms with Gasteiger partial charge in [0.2, 0.25) is 0 Å². The SMILES string of the molecule is Cc1ccc(S(=O)(=O)NC(=O)/C(=C\C/C=C/C2CCCCC2)c2ccccc2)cc1. The lowest BCUT2D eigenvalue weighted by molar-refractivity contribution is -0.114. The fraction of sp³-hybridized carbons (Fsp3) is 0.320. The monoisotopic (exact) mass is 423 g/mol. The molecule has 1 N–H and O–H groups in total. The molecule has 4 nitrogen and oxygen atoms in total. The zero-order chi connectivity index (χ0) is 21.4. The number of allylic oxidation sites excluding steroid dienone is 3. The van der Waals surface area contributed by atoms with Crippen molar-refractivity contribution in [1.29, 1.82) is 0 Å². The molecule has 1 aliphatic carbocycles. The van der Waals surface area contributed by atoms with Gasteiger partial charge in [0, 0.05) is 5.57 Å². The summed E-state index contributed by atoms with van der Waals surface area (Å²) in [6.45, 7) is 1.88. The van der Waals surface area contributed by atoms with Gasteiger partial charge in [-0.25, -0.2) is 13.1 Å². The second-order valence-corrected chi connectivity index (χ2v) is 9.48. The van der Waals surface area contributed by atoms with Gasteiger partial charge < -0.3 is 0 Å². The molecule has 0 unspecified atom stereocenters. The predicted molar refractivity (Wildman–Crippen MR) is 121 cm³/mol. The molecule has 0 aliphatic heterocycles. The van der Waals surface area contributed by atoms with Crippen LogP contribution in [0.4, 0.5) is 0 Å². The number of carbonyl (C=O) groups excluding carboxylic acids is 1. The van der Waals surface area contributed by atoms with Crippen molar-refractivity contribution >= 4 is 21.5 Å². The minimum absolute atomic E-state index is 0.0751. The van der Waals surface area contributed by atoms with E-state index >= 15 is 0 Å². The molecule has 30 heavy (non-hydrogen) atoms. The minimum Gasteiger partial charge on any atom is -0.268 e. The number of sulfonamides is 1. The van der Waals surface area contributed by atoms with Crippen LogP contribution >= 0.6 is 0 Å². The summed E-state index contributed by atoms with van der Waals surface area (Å²) in [5, 5.41) is 0. The topological polar surface area (TPSA) is 63.2 Å². The van der Waals surface area contributed by atoms with Gasteiger partial charge in [-0.3, -0.25) is 4.79 Å². The first-order chi connectivity index (χ1) is 14.5. The molecule has 0 heterocycles. The Kier molecular flexibility index (Phi) is 7.63. The molecular weight excluding hydrogens is 394 g/mol. The normalized spacial score (nSPS) is 16.0. The van der Waals surface area contributed by atoms with Crippen molar-refractivity contribution in [3.63, 3.8) is 0 Å². The van der Waals surface area contributed by atoms with Crippen molar-refractivity contribution in [2.24, 2.45) is 5.92 Å². The zero-order valence-electron chi connectivity index (χ0n) is 17.4. The molecule has 1 saturated carbocycles. The maximum Gasteiger partial charge on any atom is 0.265 e. The highest BCUT2D eigenvalue weighted by Crippen LogP contribution is 2.25. The molecule has 0 aromatic heterocycles. The lowest BCUT2D eigenvalue weighted by atomic mass is 9.89. The van der Waals surface area contributed by atoms with E-state index in [1.165, 1.54) is 44.2 Å². The molecule has 2 aromatic rings. The number of benzene rings is 2. The largest absolute Gasteiger partial charge is 0.268 e. The van der Waals surface area contributed by atoms with Crippen LogP contribution in [0.2, 0.25) is 0 Å². The number of carbonyl (C=O) groups is 1. The summed E-state index contributed by atoms with van der Waals surface area (Å²) in [5.41, 5.74) is 2.01. The third-order valence-corrected chi connectivity index (χ3v) is 6.75. The molecule has 0 saturated heterocycles. The molecule has 0 atom stereocenters. The third kappa shape index (κ3) is 6.17. The van der Waals surface area contributed by atoms with Crippen LogP contribution < -0.4 is 4.72 Å². The Morgan fingerprint density at radius 2 is 1.67 bits per heavy atom. The van der Waals surface area contributed by atoms with Crippen LogP contribution in [0, 0.1) is 12.8 Å². The number of rotatable bonds is 7. The predicted octanol–water partition coefficient (Wildman–Crippen LogP) is 5.41. The van der Waals surface area contributed by atoms with E-state index in [2.05, 4.69) is 16.9 Å². The number of nitrogens with one attached hydrogen (secondary N) is 1. The second kappa shape index (κ2) is 10.4. The number of hydrogen-bond acceptors (Lipinski definition) is 3. The van der Waals surface area contributed by atoms with Crippen LogP contribution in [0.5, 0.6) is 0 Å². The van der Waals surface area contributed by atoms with Gasteiger partial charge >= 0.3 is 0 Å². The highest BCUT2D eigenvalue weighted by atomic mass is 32.2. The van der Waals surface area contributed by atoms with Crippen molar-refractivity contribution in [3.05, 3.63) is 84.0 Å². The van der Waals surface area contributed by atoms with Crippen molar-refractivity contribution in [2.45, 2.75) is 50.3 Å². The van der Waals surface area contributed by atoms with Crippen LogP contribution in [0.3, 0.4) is 0 Å². The smallest absolute Gasteiger partial charge is 0.265 e. The Bertz CT molecular complexity index is 1000. The van der Waals surface area contributed by atoms with E-state index in [1.807, 2.05) is 37.3 Å². The van der Waals surface area contributed by atoms with Crippen molar-refractivity contribution in [2.75, 3.05) is 0 Å². The summed E-state index contributed by atoms with van der Waals surface area (Å²) in [6.07, 6.45) is 13.0. The molecular formula is C25H29NO3S. The Labute approximate surface area is 179 Å². The quantitative estimate of drug-likeness (QED) is 0.478. The van der Waals surface area contributed by atoms with Crippen LogP contribution in [-0.2, 0) is 14.8 Å². The lowest BCUT2D eigenvalue weighted by Crippen LogP contribution is -2.31. The molecule has 2 aromatic carbocycles. The van der Waals surface area contributed by atoms with Gasteiger partial charge in [0.05, 0.1) is 4.90 Å². The van der Waals surface area contributed by atoms with Crippen LogP contribution in [0.25, 0.3) is 5.57 Å². The maximum atomic E-state index is 12.9. The Morgan fingerprint density at radius 3 is 2.33 bits per heavy atom. The molecule has 5 heteroatoms. The van der Waals surface area contributed by atoms with Gasteiger partial charge in [-0.2, -0.15) is 0 Å². The van der Waals surface area contributed by atoms with E-state index in [9.17, 15) is 13.2 Å². The fourth-order valence-corrected chi connectivity index (χ4v) is 4.66. The van der Waals surface area contributed by atoms with Gasteiger partial charge in [0.1, 0.15) is 0 Å². The first-order valence-corrected chi connectivity index (χ1v) is 12.0. The van der Waals surface area contributed by atoms with Gasteiger partial charge in [-0.05, 0) is 49.8 Å². The molecule has 0 bridgehead atoms. The molecule has 0 radical (unpaired) electrons. The summed E-state index contributed by atoms with van der Waals surface area (Å²) in [5.74, 6) is -0.00379. The minimum atomic E-state index is -3.94. The van der Waals surface area contributed by atoms with E-state index < -0.39 is 15.9 Å². The fourth-order valence-electron chi connectivity index (χ4n) is 3.70. The van der Waals surface area contributed by atoms with E-state index in [1.54, 1.807) is 18.2 Å². The van der Waals surface area contributed by atoms with Crippen molar-refractivity contribution in [1.82, 2.24) is 4.72 Å². The first-order valence-electron chi connectivity index (χ1n) is 10.5. The van der Waals surface area contributed by atoms with Gasteiger partial charge in [0.15, 0.2) is 0 Å². The summed E-state index contributed by atoms with van der Waals surface area (Å²) >= 11 is 0. The van der Waals surface area contributed by atoms with E-state index in [-0.39, 0.29) is 4.90 Å². The second-order valence-electron chi connectivity index (χ2n) is 7.79. The Hall–Kier alpha value is -2.66. The molecule has 158 valence electrons. The van der Waals surface area contributed by atoms with Gasteiger partial charge in [-0.15, -0.1) is 0 Å². The average molecular weight is 424 g/mol. The van der Waals surface area contributed by atoms with E-state index in [0.717, 1.165) is 5.56 Å². The van der Waals surface area contributed by atoms with E-state index in [0.29, 0.717) is 23.5 Å². The highest BCUT2D eigenvalue weighted by molar-refractivity contribution is 7.90. The van der Waals surface area contributed by atoms with Gasteiger partial charge in [-0.1, -0.05) is 85.5 Å². The lowest BCUT2D eigenvalue weighted by Gasteiger charge is -2.17. The van der Waals surface area contributed by atoms with E-state index in [4.69, 9.17) is 0 Å². The Balaban J connectivity index is 1.77. The van der Waals surface area contributed by atoms with Crippen LogP contribution in [0.15, 0.2) is 77.7 Å². The summed E-state index contributed by atoms with van der Waals surface area (Å²) < 4.78 is 27.5. The van der Waals surface area contributed by atoms with Gasteiger partial charge in [0.25, 0.3) is 15.9 Å². The summed E-state index contributed by atoms with van der Waals surface area (Å²) in [7, 11) is -3.94. The molecule has 3 rings (SSSR count). The maximum absolute atomic E-state index is 12.9. The summed E-state index contributed by atoms with van der Waals surface area (Å²) in [4.78, 5) is 13.0. The first kappa shape index (κ1) is 22.0. The molecule has 1 amide bonds. The summed E-state index contributed by atoms with van der Waals surface area (Å²) in [6, 6.07) is 15.6. The third-order valence-electron chi connectivity index (χ3n) is 5.40. The number of aryl methyl sites for hydroxylation is 1. The molecule has 0 spiro atoms. The van der Waals surface area contributed by atoms with Crippen molar-refractivity contribution in [3.8, 4) is 0 Å². The standard InChI is InChI=1S/C25H29NO3S/c1-20-16-18-23(19-17-20)30(28,29)26-25(27)24(22-13-6-3-7-14-22)15-9-8-12-21-10-4-2-5-11-21/h3,6-8,12-19,21H,2,4-5,9-11H2,1H3,(H,26,27)/b12-8+,24-15-. The Morgan fingerprint density at radius 1 is 1.00 bits per heavy atom. The molecule has 1 aliphatic rings. The average Bonchev–Trinajstić information content (AvgIpc) is 2.75. The highest BCUT2D eigenvalue weighted by Gasteiger charge is 2.21. The van der Waals surface area contributed by atoms with Crippen molar-refractivity contribution < 1.29 is 13.2 Å². The zero-order valence-corrected chi connectivity index (χ0v) is 18.2. The number of hydrogen-bond donors (Lipinski definition) is 1. The van der Waals surface area contributed by atoms with Crippen LogP contribution in [-0.4, -0.2) is 14.3 Å².